The third-order valence-corrected chi connectivity index (χ3v) is 4.41. The van der Waals surface area contributed by atoms with Crippen molar-refractivity contribution in [1.82, 2.24) is 24.9 Å². The van der Waals surface area contributed by atoms with Crippen molar-refractivity contribution in [2.75, 3.05) is 18.4 Å². The molecular weight excluding hydrogens is 394 g/mol. The van der Waals surface area contributed by atoms with E-state index < -0.39 is 0 Å². The average molecular weight is 413 g/mol. The minimum absolute atomic E-state index is 0.205. The number of aromatic nitrogens is 4. The van der Waals surface area contributed by atoms with Gasteiger partial charge >= 0.3 is 0 Å². The smallest absolute Gasteiger partial charge is 0.254 e. The lowest BCUT2D eigenvalue weighted by molar-refractivity contribution is 0.0955. The Balaban J connectivity index is 1.33. The number of amides is 1. The highest BCUT2D eigenvalue weighted by molar-refractivity contribution is 5.94. The Bertz CT molecular complexity index is 1260. The number of ether oxygens (including phenoxy) is 1. The van der Waals surface area contributed by atoms with Crippen LogP contribution in [0.3, 0.4) is 0 Å². The van der Waals surface area contributed by atoms with Crippen molar-refractivity contribution in [3.05, 3.63) is 77.7 Å². The van der Waals surface area contributed by atoms with Crippen LogP contribution in [-0.4, -0.2) is 38.6 Å². The topological polar surface area (TPSA) is 117 Å². The molecule has 9 nitrogen and oxygen atoms in total. The van der Waals surface area contributed by atoms with Crippen molar-refractivity contribution in [1.29, 1.82) is 5.26 Å². The quantitative estimate of drug-likeness (QED) is 0.447. The Morgan fingerprint density at radius 1 is 1.13 bits per heavy atom. The van der Waals surface area contributed by atoms with E-state index in [0.717, 1.165) is 11.5 Å². The van der Waals surface area contributed by atoms with E-state index in [2.05, 4.69) is 31.8 Å². The number of anilines is 1. The van der Waals surface area contributed by atoms with Crippen molar-refractivity contribution in [2.24, 2.45) is 0 Å². The van der Waals surface area contributed by atoms with Crippen LogP contribution in [0, 0.1) is 18.3 Å². The van der Waals surface area contributed by atoms with Crippen LogP contribution in [-0.2, 0) is 0 Å². The number of carbonyl (C=O) groups is 1. The Morgan fingerprint density at radius 3 is 2.77 bits per heavy atom. The lowest BCUT2D eigenvalue weighted by Gasteiger charge is -2.10. The minimum Gasteiger partial charge on any atom is -0.457 e. The summed E-state index contributed by atoms with van der Waals surface area (Å²) in [5.41, 5.74) is 1.87. The molecule has 4 rings (SSSR count). The van der Waals surface area contributed by atoms with Gasteiger partial charge in [0, 0.05) is 30.4 Å². The number of rotatable bonds is 7. The molecule has 2 heterocycles. The summed E-state index contributed by atoms with van der Waals surface area (Å²) < 4.78 is 7.38. The molecule has 1 amide bonds. The highest BCUT2D eigenvalue weighted by atomic mass is 16.5. The molecule has 0 aliphatic carbocycles. The first-order valence-electron chi connectivity index (χ1n) is 9.60. The van der Waals surface area contributed by atoms with Gasteiger partial charge in [-0.15, -0.1) is 0 Å². The van der Waals surface area contributed by atoms with Gasteiger partial charge in [0.25, 0.3) is 11.7 Å². The molecule has 0 spiro atoms. The predicted molar refractivity (Wildman–Crippen MR) is 114 cm³/mol. The first-order valence-corrected chi connectivity index (χ1v) is 9.60. The molecule has 4 aromatic rings. The molecule has 154 valence electrons. The van der Waals surface area contributed by atoms with Gasteiger partial charge in [0.05, 0.1) is 11.6 Å². The summed E-state index contributed by atoms with van der Waals surface area (Å²) in [4.78, 5) is 20.9. The van der Waals surface area contributed by atoms with Gasteiger partial charge in [-0.05, 0) is 49.4 Å². The Labute approximate surface area is 178 Å². The zero-order chi connectivity index (χ0) is 21.6. The van der Waals surface area contributed by atoms with Gasteiger partial charge in [-0.3, -0.25) is 4.79 Å². The van der Waals surface area contributed by atoms with E-state index >= 15 is 0 Å². The molecule has 0 aliphatic heterocycles. The molecule has 2 aromatic heterocycles. The number of hydrogen-bond donors (Lipinski definition) is 2. The van der Waals surface area contributed by atoms with E-state index in [1.807, 2.05) is 13.0 Å². The third kappa shape index (κ3) is 4.76. The standard InChI is InChI=1S/C22H19N7O2/c1-15-11-20(29-22(28-15)26-14-27-29)24-9-10-25-21(30)17-3-2-4-19(12-17)31-18-7-5-16(13-23)6-8-18/h2-8,11-12,14,24H,9-10H2,1H3,(H,25,30). The molecule has 0 fully saturated rings. The fourth-order valence-electron chi connectivity index (χ4n) is 2.96. The van der Waals surface area contributed by atoms with Crippen molar-refractivity contribution in [3.63, 3.8) is 0 Å². The third-order valence-electron chi connectivity index (χ3n) is 4.41. The molecule has 2 aromatic carbocycles. The van der Waals surface area contributed by atoms with Crippen LogP contribution >= 0.6 is 0 Å². The normalized spacial score (nSPS) is 10.5. The molecule has 31 heavy (non-hydrogen) atoms. The van der Waals surface area contributed by atoms with Crippen LogP contribution < -0.4 is 15.4 Å². The highest BCUT2D eigenvalue weighted by Crippen LogP contribution is 2.22. The van der Waals surface area contributed by atoms with Gasteiger partial charge in [0.2, 0.25) is 0 Å². The average Bonchev–Trinajstić information content (AvgIpc) is 3.25. The maximum Gasteiger partial charge on any atom is 0.254 e. The summed E-state index contributed by atoms with van der Waals surface area (Å²) in [7, 11) is 0. The largest absolute Gasteiger partial charge is 0.457 e. The molecule has 0 aliphatic rings. The van der Waals surface area contributed by atoms with Crippen LogP contribution in [0.15, 0.2) is 60.9 Å². The zero-order valence-electron chi connectivity index (χ0n) is 16.7. The first-order chi connectivity index (χ1) is 15.1. The van der Waals surface area contributed by atoms with Crippen LogP contribution in [0.1, 0.15) is 21.6 Å². The van der Waals surface area contributed by atoms with E-state index in [4.69, 9.17) is 10.00 Å². The lowest BCUT2D eigenvalue weighted by Crippen LogP contribution is -2.29. The van der Waals surface area contributed by atoms with E-state index in [1.165, 1.54) is 6.33 Å². The van der Waals surface area contributed by atoms with Gasteiger partial charge in [-0.1, -0.05) is 6.07 Å². The van der Waals surface area contributed by atoms with Gasteiger partial charge in [-0.25, -0.2) is 4.98 Å². The number of hydrogen-bond acceptors (Lipinski definition) is 7. The second-order valence-corrected chi connectivity index (χ2v) is 6.70. The number of nitriles is 1. The highest BCUT2D eigenvalue weighted by Gasteiger charge is 2.08. The van der Waals surface area contributed by atoms with Crippen molar-refractivity contribution >= 4 is 17.5 Å². The van der Waals surface area contributed by atoms with Gasteiger partial charge in [0.15, 0.2) is 0 Å². The molecule has 0 saturated carbocycles. The van der Waals surface area contributed by atoms with Crippen LogP contribution in [0.4, 0.5) is 5.82 Å². The van der Waals surface area contributed by atoms with Gasteiger partial charge in [0.1, 0.15) is 23.6 Å². The summed E-state index contributed by atoms with van der Waals surface area (Å²) in [6, 6.07) is 17.6. The number of carbonyl (C=O) groups excluding carboxylic acids is 1. The number of fused-ring (bicyclic) bond motifs is 1. The molecule has 0 bridgehead atoms. The molecule has 0 saturated heterocycles. The first kappa shape index (κ1) is 19.8. The maximum absolute atomic E-state index is 12.5. The van der Waals surface area contributed by atoms with Crippen LogP contribution in [0.5, 0.6) is 11.5 Å². The van der Waals surface area contributed by atoms with Crippen molar-refractivity contribution in [2.45, 2.75) is 6.92 Å². The Morgan fingerprint density at radius 2 is 1.97 bits per heavy atom. The molecule has 0 radical (unpaired) electrons. The predicted octanol–water partition coefficient (Wildman–Crippen LogP) is 2.94. The fourth-order valence-corrected chi connectivity index (χ4v) is 2.96. The summed E-state index contributed by atoms with van der Waals surface area (Å²) in [5, 5.41) is 19.1. The van der Waals surface area contributed by atoms with Crippen LogP contribution in [0.2, 0.25) is 0 Å². The second-order valence-electron chi connectivity index (χ2n) is 6.70. The SMILES string of the molecule is Cc1cc(NCCNC(=O)c2cccc(Oc3ccc(C#N)cc3)c2)n2ncnc2n1. The molecule has 0 unspecified atom stereocenters. The molecule has 0 atom stereocenters. The molecular formula is C22H19N7O2. The summed E-state index contributed by atoms with van der Waals surface area (Å²) in [6.07, 6.45) is 1.45. The number of nitrogens with zero attached hydrogens (tertiary/aromatic N) is 5. The monoisotopic (exact) mass is 413 g/mol. The summed E-state index contributed by atoms with van der Waals surface area (Å²) in [5.74, 6) is 2.20. The van der Waals surface area contributed by atoms with Crippen molar-refractivity contribution < 1.29 is 9.53 Å². The lowest BCUT2D eigenvalue weighted by atomic mass is 10.2. The van der Waals surface area contributed by atoms with Crippen LogP contribution in [0.25, 0.3) is 5.78 Å². The van der Waals surface area contributed by atoms with Crippen molar-refractivity contribution in [3.8, 4) is 17.6 Å². The minimum atomic E-state index is -0.205. The maximum atomic E-state index is 12.5. The van der Waals surface area contributed by atoms with E-state index in [9.17, 15) is 4.79 Å². The second kappa shape index (κ2) is 8.92. The molecule has 2 N–H and O–H groups in total. The Kier molecular flexibility index (Phi) is 5.71. The number of benzene rings is 2. The zero-order valence-corrected chi connectivity index (χ0v) is 16.7. The number of aryl methyl sites for hydroxylation is 1. The molecule has 9 heteroatoms. The van der Waals surface area contributed by atoms with Gasteiger partial charge < -0.3 is 15.4 Å². The summed E-state index contributed by atoms with van der Waals surface area (Å²) in [6.45, 7) is 2.80. The summed E-state index contributed by atoms with van der Waals surface area (Å²) >= 11 is 0. The number of nitrogens with one attached hydrogen (secondary N) is 2. The van der Waals surface area contributed by atoms with Gasteiger partial charge in [-0.2, -0.15) is 19.9 Å². The fraction of sp³-hybridized carbons (Fsp3) is 0.136. The van der Waals surface area contributed by atoms with E-state index in [1.54, 1.807) is 53.0 Å². The van der Waals surface area contributed by atoms with E-state index in [-0.39, 0.29) is 5.91 Å². The Hall–Kier alpha value is -4.45. The van der Waals surface area contributed by atoms with E-state index in [0.29, 0.717) is 41.5 Å².